The first-order valence-electron chi connectivity index (χ1n) is 8.55. The molecule has 0 unspecified atom stereocenters. The second-order valence-electron chi connectivity index (χ2n) is 5.96. The van der Waals surface area contributed by atoms with E-state index in [1.54, 1.807) is 0 Å². The lowest BCUT2D eigenvalue weighted by molar-refractivity contribution is 0.171. The lowest BCUT2D eigenvalue weighted by Gasteiger charge is -2.36. The zero-order chi connectivity index (χ0) is 16.1. The van der Waals surface area contributed by atoms with Gasteiger partial charge in [0, 0.05) is 37.8 Å². The fourth-order valence-electron chi connectivity index (χ4n) is 3.50. The Bertz CT molecular complexity index is 672. The van der Waals surface area contributed by atoms with Crippen molar-refractivity contribution >= 4 is 35.6 Å². The molecule has 0 bridgehead atoms. The standard InChI is InChI=1S/C20H26N2O.2ClH/c1-3-7-18(22-14-12-21-13-15-22)20-17-9-6-5-8-16(17)10-11-19(20)23-4-2;;/h3,5-6,8-11,18,21H,1,4,7,12-15H2,2H3;2*1H/t18-;;/m1../s1. The number of nitrogens with zero attached hydrogens (tertiary/aromatic N) is 1. The van der Waals surface area contributed by atoms with Gasteiger partial charge in [0.2, 0.25) is 0 Å². The van der Waals surface area contributed by atoms with Crippen LogP contribution in [0.25, 0.3) is 10.8 Å². The molecule has 3 rings (SSSR count). The molecule has 1 saturated heterocycles. The highest BCUT2D eigenvalue weighted by Crippen LogP contribution is 2.38. The summed E-state index contributed by atoms with van der Waals surface area (Å²) < 4.78 is 5.99. The molecule has 3 nitrogen and oxygen atoms in total. The number of ether oxygens (including phenoxy) is 1. The number of benzene rings is 2. The Kier molecular flexibility index (Phi) is 9.30. The molecular formula is C20H28Cl2N2O. The average Bonchev–Trinajstić information content (AvgIpc) is 2.61. The van der Waals surface area contributed by atoms with E-state index in [1.165, 1.54) is 16.3 Å². The zero-order valence-corrected chi connectivity index (χ0v) is 16.4. The lowest BCUT2D eigenvalue weighted by atomic mass is 9.94. The van der Waals surface area contributed by atoms with Gasteiger partial charge in [-0.3, -0.25) is 4.90 Å². The molecule has 0 aromatic heterocycles. The molecule has 0 saturated carbocycles. The highest BCUT2D eigenvalue weighted by molar-refractivity contribution is 5.88. The fourth-order valence-corrected chi connectivity index (χ4v) is 3.50. The van der Waals surface area contributed by atoms with E-state index < -0.39 is 0 Å². The monoisotopic (exact) mass is 382 g/mol. The summed E-state index contributed by atoms with van der Waals surface area (Å²) in [4.78, 5) is 2.56. The predicted octanol–water partition coefficient (Wildman–Crippen LogP) is 4.60. The molecule has 0 radical (unpaired) electrons. The van der Waals surface area contributed by atoms with Gasteiger partial charge < -0.3 is 10.1 Å². The highest BCUT2D eigenvalue weighted by Gasteiger charge is 2.25. The van der Waals surface area contributed by atoms with Gasteiger partial charge in [-0.2, -0.15) is 0 Å². The summed E-state index contributed by atoms with van der Waals surface area (Å²) in [6, 6.07) is 13.2. The van der Waals surface area contributed by atoms with E-state index in [2.05, 4.69) is 53.2 Å². The van der Waals surface area contributed by atoms with Gasteiger partial charge in [0.25, 0.3) is 0 Å². The summed E-state index contributed by atoms with van der Waals surface area (Å²) in [6.45, 7) is 10.9. The quantitative estimate of drug-likeness (QED) is 0.738. The van der Waals surface area contributed by atoms with Gasteiger partial charge in [-0.15, -0.1) is 31.4 Å². The van der Waals surface area contributed by atoms with Crippen LogP contribution >= 0.6 is 24.8 Å². The van der Waals surface area contributed by atoms with E-state index >= 15 is 0 Å². The first kappa shape index (κ1) is 21.8. The summed E-state index contributed by atoms with van der Waals surface area (Å²) in [5, 5.41) is 6.01. The Balaban J connectivity index is 0.00000156. The molecule has 1 atom stereocenters. The molecule has 1 aliphatic heterocycles. The van der Waals surface area contributed by atoms with Crippen molar-refractivity contribution in [2.75, 3.05) is 32.8 Å². The van der Waals surface area contributed by atoms with Crippen LogP contribution in [-0.2, 0) is 0 Å². The van der Waals surface area contributed by atoms with Crippen molar-refractivity contribution in [1.29, 1.82) is 0 Å². The minimum Gasteiger partial charge on any atom is -0.494 e. The maximum atomic E-state index is 5.99. The topological polar surface area (TPSA) is 24.5 Å². The van der Waals surface area contributed by atoms with E-state index in [0.717, 1.165) is 38.3 Å². The number of fused-ring (bicyclic) bond motifs is 1. The van der Waals surface area contributed by atoms with Crippen LogP contribution in [0.5, 0.6) is 5.75 Å². The van der Waals surface area contributed by atoms with Crippen LogP contribution in [0.1, 0.15) is 24.9 Å². The van der Waals surface area contributed by atoms with Crippen molar-refractivity contribution < 1.29 is 4.74 Å². The Morgan fingerprint density at radius 2 is 1.88 bits per heavy atom. The van der Waals surface area contributed by atoms with Crippen LogP contribution in [0, 0.1) is 0 Å². The minimum absolute atomic E-state index is 0. The molecule has 138 valence electrons. The molecule has 2 aromatic carbocycles. The summed E-state index contributed by atoms with van der Waals surface area (Å²) in [5.74, 6) is 1.01. The second-order valence-corrected chi connectivity index (χ2v) is 5.96. The number of halogens is 2. The molecule has 0 amide bonds. The molecule has 5 heteroatoms. The van der Waals surface area contributed by atoms with E-state index in [1.807, 2.05) is 13.0 Å². The van der Waals surface area contributed by atoms with Crippen molar-refractivity contribution in [3.63, 3.8) is 0 Å². The second kappa shape index (κ2) is 10.7. The third kappa shape index (κ3) is 4.89. The maximum absolute atomic E-state index is 5.99. The summed E-state index contributed by atoms with van der Waals surface area (Å²) in [7, 11) is 0. The highest BCUT2D eigenvalue weighted by atomic mass is 35.5. The number of hydrogen-bond donors (Lipinski definition) is 1. The van der Waals surface area contributed by atoms with Crippen molar-refractivity contribution in [3.8, 4) is 5.75 Å². The third-order valence-corrected chi connectivity index (χ3v) is 4.55. The van der Waals surface area contributed by atoms with Crippen LogP contribution in [0.4, 0.5) is 0 Å². The zero-order valence-electron chi connectivity index (χ0n) is 14.7. The van der Waals surface area contributed by atoms with Gasteiger partial charge in [0.15, 0.2) is 0 Å². The van der Waals surface area contributed by atoms with Crippen molar-refractivity contribution in [3.05, 3.63) is 54.6 Å². The Labute approximate surface area is 163 Å². The Morgan fingerprint density at radius 1 is 1.16 bits per heavy atom. The predicted molar refractivity (Wildman–Crippen MR) is 112 cm³/mol. The van der Waals surface area contributed by atoms with Crippen molar-refractivity contribution in [1.82, 2.24) is 10.2 Å². The number of piperazine rings is 1. The smallest absolute Gasteiger partial charge is 0.124 e. The van der Waals surface area contributed by atoms with E-state index in [9.17, 15) is 0 Å². The van der Waals surface area contributed by atoms with Gasteiger partial charge >= 0.3 is 0 Å². The van der Waals surface area contributed by atoms with Crippen LogP contribution in [-0.4, -0.2) is 37.7 Å². The molecule has 0 aliphatic carbocycles. The first-order valence-corrected chi connectivity index (χ1v) is 8.55. The lowest BCUT2D eigenvalue weighted by Crippen LogP contribution is -2.45. The molecule has 25 heavy (non-hydrogen) atoms. The SMILES string of the molecule is C=CC[C@H](c1c(OCC)ccc2ccccc12)N1CCNCC1.Cl.Cl. The number of rotatable bonds is 6. The van der Waals surface area contributed by atoms with Crippen LogP contribution in [0.3, 0.4) is 0 Å². The van der Waals surface area contributed by atoms with Gasteiger partial charge in [-0.05, 0) is 30.2 Å². The van der Waals surface area contributed by atoms with Crippen LogP contribution in [0.15, 0.2) is 49.1 Å². The van der Waals surface area contributed by atoms with Gasteiger partial charge in [-0.1, -0.05) is 36.4 Å². The molecule has 1 N–H and O–H groups in total. The average molecular weight is 383 g/mol. The molecule has 1 aliphatic rings. The van der Waals surface area contributed by atoms with Crippen LogP contribution < -0.4 is 10.1 Å². The summed E-state index contributed by atoms with van der Waals surface area (Å²) in [5.41, 5.74) is 1.31. The molecule has 0 spiro atoms. The minimum atomic E-state index is 0. The fraction of sp³-hybridized carbons (Fsp3) is 0.400. The molecule has 2 aromatic rings. The number of nitrogens with one attached hydrogen (secondary N) is 1. The normalized spacial score (nSPS) is 15.7. The molecular weight excluding hydrogens is 355 g/mol. The molecule has 1 fully saturated rings. The van der Waals surface area contributed by atoms with Gasteiger partial charge in [-0.25, -0.2) is 0 Å². The van der Waals surface area contributed by atoms with E-state index in [-0.39, 0.29) is 24.8 Å². The Morgan fingerprint density at radius 3 is 2.56 bits per heavy atom. The van der Waals surface area contributed by atoms with Gasteiger partial charge in [0.05, 0.1) is 6.61 Å². The maximum Gasteiger partial charge on any atom is 0.124 e. The number of hydrogen-bond acceptors (Lipinski definition) is 3. The molecule has 1 heterocycles. The van der Waals surface area contributed by atoms with Crippen LogP contribution in [0.2, 0.25) is 0 Å². The van der Waals surface area contributed by atoms with Gasteiger partial charge in [0.1, 0.15) is 5.75 Å². The van der Waals surface area contributed by atoms with E-state index in [4.69, 9.17) is 4.74 Å². The Hall–Kier alpha value is -1.26. The third-order valence-electron chi connectivity index (χ3n) is 4.55. The van der Waals surface area contributed by atoms with Crippen molar-refractivity contribution in [2.24, 2.45) is 0 Å². The summed E-state index contributed by atoms with van der Waals surface area (Å²) in [6.07, 6.45) is 2.97. The first-order chi connectivity index (χ1) is 11.3. The summed E-state index contributed by atoms with van der Waals surface area (Å²) >= 11 is 0. The van der Waals surface area contributed by atoms with E-state index in [0.29, 0.717) is 12.6 Å². The largest absolute Gasteiger partial charge is 0.494 e. The van der Waals surface area contributed by atoms with Crippen molar-refractivity contribution in [2.45, 2.75) is 19.4 Å².